The molecule has 0 spiro atoms. The fraction of sp³-hybridized carbons (Fsp3) is 0.174. The van der Waals surface area contributed by atoms with Gasteiger partial charge in [-0.05, 0) is 60.5 Å². The summed E-state index contributed by atoms with van der Waals surface area (Å²) in [5, 5.41) is 2.72. The zero-order chi connectivity index (χ0) is 22.0. The second-order valence-corrected chi connectivity index (χ2v) is 9.27. The summed E-state index contributed by atoms with van der Waals surface area (Å²) in [5.41, 5.74) is 1.03. The molecule has 1 saturated heterocycles. The third kappa shape index (κ3) is 4.56. The van der Waals surface area contributed by atoms with Gasteiger partial charge < -0.3 is 9.87 Å². The number of hydrogen-bond acceptors (Lipinski definition) is 3. The highest BCUT2D eigenvalue weighted by Crippen LogP contribution is 2.41. The van der Waals surface area contributed by atoms with Crippen LogP contribution in [0.2, 0.25) is 0 Å². The lowest BCUT2D eigenvalue weighted by atomic mass is 9.99. The van der Waals surface area contributed by atoms with Crippen LogP contribution < -0.4 is 5.32 Å². The van der Waals surface area contributed by atoms with Crippen LogP contribution in [-0.4, -0.2) is 21.3 Å². The highest BCUT2D eigenvalue weighted by Gasteiger charge is 2.47. The molecule has 3 atom stereocenters. The maximum absolute atomic E-state index is 13.4. The number of sulfonamides is 1. The number of halogens is 2. The number of benzene rings is 3. The zero-order valence-electron chi connectivity index (χ0n) is 16.4. The van der Waals surface area contributed by atoms with Crippen molar-refractivity contribution in [2.24, 2.45) is 5.92 Å². The van der Waals surface area contributed by atoms with Crippen LogP contribution in [0.25, 0.3) is 0 Å². The normalized spacial score (nSPS) is 20.9. The Labute approximate surface area is 180 Å². The highest BCUT2D eigenvalue weighted by atomic mass is 32.3. The molecule has 0 saturated carbocycles. The van der Waals surface area contributed by atoms with Crippen LogP contribution in [0.1, 0.15) is 18.0 Å². The Hall–Kier alpha value is -2.94. The number of nitrogens with zero attached hydrogens (tertiary/aromatic N) is 1. The summed E-state index contributed by atoms with van der Waals surface area (Å²) < 4.78 is 54.5. The minimum absolute atomic E-state index is 0.0215. The molecule has 0 aromatic heterocycles. The van der Waals surface area contributed by atoms with E-state index >= 15 is 0 Å². The van der Waals surface area contributed by atoms with E-state index in [2.05, 4.69) is 5.32 Å². The maximum Gasteiger partial charge on any atom is 0.229 e. The first-order valence-electron chi connectivity index (χ1n) is 9.73. The van der Waals surface area contributed by atoms with Crippen molar-refractivity contribution in [1.29, 1.82) is 0 Å². The van der Waals surface area contributed by atoms with E-state index in [1.807, 2.05) is 0 Å². The second kappa shape index (κ2) is 8.66. The number of carbonyl (C=O) groups is 1. The van der Waals surface area contributed by atoms with Gasteiger partial charge in [0.1, 0.15) is 11.6 Å². The average Bonchev–Trinajstić information content (AvgIpc) is 3.23. The Bertz CT molecular complexity index is 1110. The Balaban J connectivity index is 1.63. The molecule has 8 heteroatoms. The second-order valence-electron chi connectivity index (χ2n) is 7.38. The van der Waals surface area contributed by atoms with Crippen molar-refractivity contribution in [3.63, 3.8) is 0 Å². The molecule has 0 bridgehead atoms. The fourth-order valence-electron chi connectivity index (χ4n) is 3.75. The number of rotatable bonds is 5. The maximum atomic E-state index is 13.4. The molecule has 0 radical (unpaired) electrons. The molecule has 3 aromatic carbocycles. The van der Waals surface area contributed by atoms with Crippen molar-refractivity contribution in [3.8, 4) is 0 Å². The number of nitrogens with one attached hydrogen (secondary N) is 1. The first-order chi connectivity index (χ1) is 14.8. The average molecular weight is 442 g/mol. The van der Waals surface area contributed by atoms with E-state index < -0.39 is 34.0 Å². The molecule has 0 aliphatic carbocycles. The summed E-state index contributed by atoms with van der Waals surface area (Å²) >= 11 is 0. The van der Waals surface area contributed by atoms with Crippen LogP contribution in [0.15, 0.2) is 83.8 Å². The van der Waals surface area contributed by atoms with Crippen molar-refractivity contribution in [1.82, 2.24) is 4.31 Å². The van der Waals surface area contributed by atoms with Gasteiger partial charge in [-0.15, -0.1) is 4.31 Å². The Morgan fingerprint density at radius 1 is 0.935 bits per heavy atom. The predicted molar refractivity (Wildman–Crippen MR) is 113 cm³/mol. The minimum Gasteiger partial charge on any atom is -0.593 e. The Morgan fingerprint density at radius 3 is 2.13 bits per heavy atom. The number of carbonyl (C=O) groups excluding carboxylic acids is 1. The smallest absolute Gasteiger partial charge is 0.229 e. The Kier molecular flexibility index (Phi) is 5.95. The van der Waals surface area contributed by atoms with Crippen LogP contribution >= 0.6 is 0 Å². The van der Waals surface area contributed by atoms with Crippen molar-refractivity contribution < 1.29 is 22.3 Å². The summed E-state index contributed by atoms with van der Waals surface area (Å²) in [4.78, 5) is 13.0. The lowest BCUT2D eigenvalue weighted by Crippen LogP contribution is -2.37. The molecule has 31 heavy (non-hydrogen) atoms. The van der Waals surface area contributed by atoms with Crippen molar-refractivity contribution in [3.05, 3.63) is 96.1 Å². The van der Waals surface area contributed by atoms with Gasteiger partial charge in [-0.2, -0.15) is 0 Å². The molecule has 4 rings (SSSR count). The molecule has 5 nitrogen and oxygen atoms in total. The standard InChI is InChI=1S/C23H20F2N2O3S/c24-18-8-6-16(7-9-18)22-14-17(23(28)26-20-12-10-19(25)11-13-20)15-27(22)31(29,30)21-4-2-1-3-5-21/h1-13,17,22H,14-15H2,(H-,26,28,29,30)/t17-,22+/m1/s1. The quantitative estimate of drug-likeness (QED) is 0.589. The van der Waals surface area contributed by atoms with Gasteiger partial charge in [0.15, 0.2) is 15.3 Å². The molecule has 1 heterocycles. The molecule has 1 unspecified atom stereocenters. The molecular weight excluding hydrogens is 422 g/mol. The number of anilines is 1. The summed E-state index contributed by atoms with van der Waals surface area (Å²) in [6.45, 7) is -0.0215. The van der Waals surface area contributed by atoms with E-state index in [4.69, 9.17) is 0 Å². The molecule has 160 valence electrons. The lowest BCUT2D eigenvalue weighted by Gasteiger charge is -2.28. The highest BCUT2D eigenvalue weighted by molar-refractivity contribution is 7.95. The third-order valence-electron chi connectivity index (χ3n) is 5.34. The predicted octanol–water partition coefficient (Wildman–Crippen LogP) is 4.57. The summed E-state index contributed by atoms with van der Waals surface area (Å²) in [5.74, 6) is -1.83. The van der Waals surface area contributed by atoms with E-state index in [-0.39, 0.29) is 23.8 Å². The van der Waals surface area contributed by atoms with Gasteiger partial charge in [-0.1, -0.05) is 34.5 Å². The van der Waals surface area contributed by atoms with Crippen molar-refractivity contribution >= 4 is 22.0 Å². The van der Waals surface area contributed by atoms with Gasteiger partial charge in [-0.3, -0.25) is 4.79 Å². The zero-order valence-corrected chi connectivity index (χ0v) is 17.2. The largest absolute Gasteiger partial charge is 0.593 e. The van der Waals surface area contributed by atoms with Crippen molar-refractivity contribution in [2.45, 2.75) is 17.4 Å². The first kappa shape index (κ1) is 21.3. The number of hydrogen-bond donors (Lipinski definition) is 1. The van der Waals surface area contributed by atoms with E-state index in [1.54, 1.807) is 18.2 Å². The fourth-order valence-corrected chi connectivity index (χ4v) is 5.45. The van der Waals surface area contributed by atoms with Gasteiger partial charge in [-0.25, -0.2) is 8.78 Å². The van der Waals surface area contributed by atoms with E-state index in [1.165, 1.54) is 65.0 Å². The summed E-state index contributed by atoms with van der Waals surface area (Å²) in [6.07, 6.45) is 0.241. The molecular formula is C23H20F2N2O3S. The topological polar surface area (TPSA) is 72.5 Å². The van der Waals surface area contributed by atoms with E-state index in [0.717, 1.165) is 0 Å². The van der Waals surface area contributed by atoms with Crippen molar-refractivity contribution in [2.75, 3.05) is 11.9 Å². The SMILES string of the molecule is O=C(Nc1ccc(F)cc1)[C@@H]1C[C@@H](c2ccc(F)cc2)N([S+](=O)([O-])c2ccccc2)C1. The van der Waals surface area contributed by atoms with Gasteiger partial charge in [0.05, 0.1) is 18.5 Å². The number of amides is 1. The monoisotopic (exact) mass is 442 g/mol. The minimum atomic E-state index is -3.88. The summed E-state index contributed by atoms with van der Waals surface area (Å²) in [6, 6.07) is 18.3. The molecule has 1 aliphatic rings. The van der Waals surface area contributed by atoms with E-state index in [9.17, 15) is 22.3 Å². The lowest BCUT2D eigenvalue weighted by molar-refractivity contribution is -0.119. The summed E-state index contributed by atoms with van der Waals surface area (Å²) in [7, 11) is -3.88. The van der Waals surface area contributed by atoms with Gasteiger partial charge >= 0.3 is 0 Å². The first-order valence-corrected chi connectivity index (χ1v) is 11.2. The van der Waals surface area contributed by atoms with Gasteiger partial charge in [0, 0.05) is 5.69 Å². The molecule has 1 N–H and O–H groups in total. The molecule has 1 amide bonds. The van der Waals surface area contributed by atoms with E-state index in [0.29, 0.717) is 11.3 Å². The molecule has 1 fully saturated rings. The van der Waals surface area contributed by atoms with Gasteiger partial charge in [0.25, 0.3) is 0 Å². The molecule has 3 aromatic rings. The van der Waals surface area contributed by atoms with Gasteiger partial charge in [0.2, 0.25) is 5.91 Å². The van der Waals surface area contributed by atoms with Crippen LogP contribution in [0.3, 0.4) is 0 Å². The van der Waals surface area contributed by atoms with Crippen LogP contribution in [0.4, 0.5) is 14.5 Å². The third-order valence-corrected chi connectivity index (χ3v) is 7.23. The van der Waals surface area contributed by atoms with Crippen LogP contribution in [0.5, 0.6) is 0 Å². The van der Waals surface area contributed by atoms with Crippen LogP contribution in [0, 0.1) is 17.6 Å². The van der Waals surface area contributed by atoms with Crippen LogP contribution in [-0.2, 0) is 19.4 Å². The molecule has 1 aliphatic heterocycles. The Morgan fingerprint density at radius 2 is 1.52 bits per heavy atom.